The van der Waals surface area contributed by atoms with Gasteiger partial charge >= 0.3 is 4.87 Å². The Balaban J connectivity index is 1.33. The average molecular weight is 385 g/mol. The summed E-state index contributed by atoms with van der Waals surface area (Å²) in [7, 11) is 0. The van der Waals surface area contributed by atoms with E-state index in [-0.39, 0.29) is 22.6 Å². The molecule has 3 N–H and O–H groups in total. The lowest BCUT2D eigenvalue weighted by molar-refractivity contribution is 0.109. The number of thiazole rings is 1. The van der Waals surface area contributed by atoms with Crippen molar-refractivity contribution in [1.82, 2.24) is 4.98 Å². The quantitative estimate of drug-likeness (QED) is 0.627. The summed E-state index contributed by atoms with van der Waals surface area (Å²) in [5.74, 6) is 1.74. The van der Waals surface area contributed by atoms with Crippen LogP contribution in [-0.4, -0.2) is 27.9 Å². The third kappa shape index (κ3) is 4.09. The molecule has 0 bridgehead atoms. The fourth-order valence-electron chi connectivity index (χ4n) is 3.10. The molecule has 0 spiro atoms. The Morgan fingerprint density at radius 3 is 2.74 bits per heavy atom. The highest BCUT2D eigenvalue weighted by molar-refractivity contribution is 7.09. The number of aryl methyl sites for hydroxylation is 1. The molecule has 7 heteroatoms. The molecule has 1 aliphatic rings. The first-order valence-corrected chi connectivity index (χ1v) is 9.50. The summed E-state index contributed by atoms with van der Waals surface area (Å²) >= 11 is 1.01. The summed E-state index contributed by atoms with van der Waals surface area (Å²) in [6, 6.07) is 12.7. The number of H-pyrrole nitrogens is 1. The van der Waals surface area contributed by atoms with Crippen LogP contribution in [0.3, 0.4) is 0 Å². The lowest BCUT2D eigenvalue weighted by atomic mass is 10.0. The van der Waals surface area contributed by atoms with Crippen LogP contribution < -0.4 is 14.3 Å². The number of fused-ring (bicyclic) bond motifs is 1. The summed E-state index contributed by atoms with van der Waals surface area (Å²) in [5.41, 5.74) is 2.00. The third-order valence-corrected chi connectivity index (χ3v) is 5.37. The topological polar surface area (TPSA) is 91.8 Å². The van der Waals surface area contributed by atoms with Crippen molar-refractivity contribution in [3.8, 4) is 23.1 Å². The number of aromatic nitrogens is 1. The maximum Gasteiger partial charge on any atom is 0.307 e. The summed E-state index contributed by atoms with van der Waals surface area (Å²) in [6.07, 6.45) is 2.14. The van der Waals surface area contributed by atoms with Crippen LogP contribution in [0, 0.1) is 0 Å². The van der Waals surface area contributed by atoms with Crippen LogP contribution in [0.4, 0.5) is 0 Å². The molecule has 0 aliphatic carbocycles. The van der Waals surface area contributed by atoms with Crippen LogP contribution in [0.25, 0.3) is 0 Å². The van der Waals surface area contributed by atoms with Crippen LogP contribution in [-0.2, 0) is 12.8 Å². The minimum Gasteiger partial charge on any atom is -0.508 e. The molecule has 2 aromatic carbocycles. The second kappa shape index (κ2) is 7.36. The van der Waals surface area contributed by atoms with Gasteiger partial charge in [0.25, 0.3) is 0 Å². The predicted molar refractivity (Wildman–Crippen MR) is 102 cm³/mol. The molecule has 0 saturated heterocycles. The highest BCUT2D eigenvalue weighted by Crippen LogP contribution is 2.30. The number of benzene rings is 2. The Hall–Kier alpha value is -2.93. The standard InChI is InChI=1S/C20H19NO5S/c22-14-4-8-17-13(10-14)3-7-16(26-17)11-25-15-5-1-12(2-6-15)9-18-19(23)21-20(24)27-18/h1-2,4-6,8,10,16,22-23H,3,7,9,11H2,(H,21,24). The average Bonchev–Trinajstić information content (AvgIpc) is 2.98. The molecule has 6 nitrogen and oxygen atoms in total. The van der Waals surface area contributed by atoms with E-state index in [1.54, 1.807) is 18.2 Å². The van der Waals surface area contributed by atoms with E-state index < -0.39 is 0 Å². The number of nitrogens with one attached hydrogen (secondary N) is 1. The molecule has 140 valence electrons. The van der Waals surface area contributed by atoms with Gasteiger partial charge in [-0.1, -0.05) is 23.5 Å². The van der Waals surface area contributed by atoms with Crippen molar-refractivity contribution in [2.45, 2.75) is 25.4 Å². The van der Waals surface area contributed by atoms with Gasteiger partial charge < -0.3 is 19.7 Å². The summed E-state index contributed by atoms with van der Waals surface area (Å²) in [5, 5.41) is 19.2. The molecule has 0 fully saturated rings. The number of ether oxygens (including phenoxy) is 2. The summed E-state index contributed by atoms with van der Waals surface area (Å²) < 4.78 is 11.8. The monoisotopic (exact) mass is 385 g/mol. The number of hydrogen-bond acceptors (Lipinski definition) is 6. The Morgan fingerprint density at radius 2 is 2.00 bits per heavy atom. The highest BCUT2D eigenvalue weighted by atomic mass is 32.1. The first kappa shape index (κ1) is 17.5. The van der Waals surface area contributed by atoms with Crippen molar-refractivity contribution in [1.29, 1.82) is 0 Å². The molecule has 3 aromatic rings. The minimum absolute atomic E-state index is 0.0317. The second-order valence-electron chi connectivity index (χ2n) is 6.49. The molecule has 0 radical (unpaired) electrons. The number of phenols is 1. The molecule has 0 amide bonds. The number of phenolic OH excluding ortho intramolecular Hbond substituents is 1. The van der Waals surface area contributed by atoms with E-state index >= 15 is 0 Å². The van der Waals surface area contributed by atoms with Gasteiger partial charge in [-0.05, 0) is 54.3 Å². The van der Waals surface area contributed by atoms with Crippen LogP contribution in [0.15, 0.2) is 47.3 Å². The molecule has 1 atom stereocenters. The number of aromatic hydroxyl groups is 2. The van der Waals surface area contributed by atoms with E-state index in [1.165, 1.54) is 0 Å². The largest absolute Gasteiger partial charge is 0.508 e. The van der Waals surface area contributed by atoms with E-state index in [2.05, 4.69) is 4.98 Å². The molecular weight excluding hydrogens is 366 g/mol. The molecule has 4 rings (SSSR count). The van der Waals surface area contributed by atoms with Gasteiger partial charge in [0.2, 0.25) is 5.88 Å². The molecule has 0 saturated carbocycles. The highest BCUT2D eigenvalue weighted by Gasteiger charge is 2.20. The van der Waals surface area contributed by atoms with E-state index in [0.717, 1.165) is 46.8 Å². The van der Waals surface area contributed by atoms with Gasteiger partial charge in [0.1, 0.15) is 30.0 Å². The first-order valence-electron chi connectivity index (χ1n) is 8.68. The molecule has 1 aliphatic heterocycles. The van der Waals surface area contributed by atoms with Gasteiger partial charge in [-0.25, -0.2) is 0 Å². The lowest BCUT2D eigenvalue weighted by Gasteiger charge is -2.26. The maximum atomic E-state index is 11.2. The summed E-state index contributed by atoms with van der Waals surface area (Å²) in [4.78, 5) is 14.0. The predicted octanol–water partition coefficient (Wildman–Crippen LogP) is 3.21. The van der Waals surface area contributed by atoms with Gasteiger partial charge in [-0.3, -0.25) is 9.78 Å². The molecular formula is C20H19NO5S. The van der Waals surface area contributed by atoms with E-state index in [9.17, 15) is 15.0 Å². The second-order valence-corrected chi connectivity index (χ2v) is 7.56. The fraction of sp³-hybridized carbons (Fsp3) is 0.250. The SMILES string of the molecule is O=c1[nH]c(O)c(Cc2ccc(OCC3CCc4cc(O)ccc4O3)cc2)s1. The first-order chi connectivity index (χ1) is 13.1. The maximum absolute atomic E-state index is 11.2. The molecule has 1 aromatic heterocycles. The Labute approximate surface area is 159 Å². The van der Waals surface area contributed by atoms with Gasteiger partial charge in [0, 0.05) is 6.42 Å². The van der Waals surface area contributed by atoms with Crippen LogP contribution in [0.2, 0.25) is 0 Å². The van der Waals surface area contributed by atoms with Crippen molar-refractivity contribution >= 4 is 11.3 Å². The van der Waals surface area contributed by atoms with Crippen LogP contribution in [0.1, 0.15) is 22.4 Å². The van der Waals surface area contributed by atoms with E-state index in [0.29, 0.717) is 17.9 Å². The van der Waals surface area contributed by atoms with Crippen molar-refractivity contribution in [2.75, 3.05) is 6.61 Å². The number of rotatable bonds is 5. The normalized spacial score (nSPS) is 15.8. The Morgan fingerprint density at radius 1 is 1.19 bits per heavy atom. The smallest absolute Gasteiger partial charge is 0.307 e. The zero-order valence-electron chi connectivity index (χ0n) is 14.5. The van der Waals surface area contributed by atoms with Gasteiger partial charge in [-0.2, -0.15) is 0 Å². The molecule has 2 heterocycles. The number of aromatic amines is 1. The van der Waals surface area contributed by atoms with Gasteiger partial charge in [0.05, 0.1) is 4.88 Å². The van der Waals surface area contributed by atoms with Gasteiger partial charge in [0.15, 0.2) is 0 Å². The summed E-state index contributed by atoms with van der Waals surface area (Å²) in [6.45, 7) is 0.444. The number of hydrogen-bond donors (Lipinski definition) is 3. The van der Waals surface area contributed by atoms with Gasteiger partial charge in [-0.15, -0.1) is 0 Å². The van der Waals surface area contributed by atoms with Crippen LogP contribution in [0.5, 0.6) is 23.1 Å². The van der Waals surface area contributed by atoms with Crippen molar-refractivity contribution in [3.05, 3.63) is 68.1 Å². The molecule has 1 unspecified atom stereocenters. The zero-order chi connectivity index (χ0) is 18.8. The fourth-order valence-corrected chi connectivity index (χ4v) is 3.86. The third-order valence-electron chi connectivity index (χ3n) is 4.50. The van der Waals surface area contributed by atoms with E-state index in [4.69, 9.17) is 9.47 Å². The zero-order valence-corrected chi connectivity index (χ0v) is 15.3. The lowest BCUT2D eigenvalue weighted by Crippen LogP contribution is -2.29. The van der Waals surface area contributed by atoms with Crippen molar-refractivity contribution < 1.29 is 19.7 Å². The van der Waals surface area contributed by atoms with Crippen molar-refractivity contribution in [3.63, 3.8) is 0 Å². The Kier molecular flexibility index (Phi) is 4.77. The van der Waals surface area contributed by atoms with Crippen molar-refractivity contribution in [2.24, 2.45) is 0 Å². The Bertz CT molecular complexity index is 992. The van der Waals surface area contributed by atoms with Crippen LogP contribution >= 0.6 is 11.3 Å². The van der Waals surface area contributed by atoms with E-state index in [1.807, 2.05) is 24.3 Å². The molecule has 27 heavy (non-hydrogen) atoms. The minimum atomic E-state index is -0.258.